The van der Waals surface area contributed by atoms with Gasteiger partial charge in [-0.25, -0.2) is 0 Å². The van der Waals surface area contributed by atoms with Gasteiger partial charge in [-0.3, -0.25) is 0 Å². The summed E-state index contributed by atoms with van der Waals surface area (Å²) in [6.45, 7) is 11.8. The molecule has 0 heterocycles. The van der Waals surface area contributed by atoms with Crippen LogP contribution in [-0.2, 0) is 0 Å². The molecule has 0 radical (unpaired) electrons. The Hall–Kier alpha value is -0.0800. The van der Waals surface area contributed by atoms with Crippen molar-refractivity contribution in [2.45, 2.75) is 59.4 Å². The molecular formula is C16H34N2. The molecule has 1 aliphatic rings. The second-order valence-corrected chi connectivity index (χ2v) is 7.66. The lowest BCUT2D eigenvalue weighted by atomic mass is 9.70. The van der Waals surface area contributed by atoms with E-state index < -0.39 is 0 Å². The number of nitrogens with zero attached hydrogens (tertiary/aromatic N) is 1. The Labute approximate surface area is 115 Å². The van der Waals surface area contributed by atoms with E-state index in [-0.39, 0.29) is 0 Å². The van der Waals surface area contributed by atoms with Crippen molar-refractivity contribution in [3.8, 4) is 0 Å². The fourth-order valence-electron chi connectivity index (χ4n) is 3.21. The van der Waals surface area contributed by atoms with Crippen LogP contribution in [0.2, 0.25) is 0 Å². The van der Waals surface area contributed by atoms with Crippen LogP contribution < -0.4 is 5.32 Å². The van der Waals surface area contributed by atoms with Gasteiger partial charge in [-0.2, -0.15) is 0 Å². The molecule has 0 amide bonds. The lowest BCUT2D eigenvalue weighted by Crippen LogP contribution is -2.39. The molecule has 1 aliphatic carbocycles. The summed E-state index contributed by atoms with van der Waals surface area (Å²) < 4.78 is 0. The van der Waals surface area contributed by atoms with Crippen LogP contribution >= 0.6 is 0 Å². The molecule has 108 valence electrons. The maximum Gasteiger partial charge on any atom is 0.0166 e. The number of hydrogen-bond donors (Lipinski definition) is 1. The van der Waals surface area contributed by atoms with Crippen LogP contribution in [0.25, 0.3) is 0 Å². The van der Waals surface area contributed by atoms with Crippen molar-refractivity contribution in [1.29, 1.82) is 0 Å². The van der Waals surface area contributed by atoms with Crippen molar-refractivity contribution in [3.05, 3.63) is 0 Å². The van der Waals surface area contributed by atoms with E-state index >= 15 is 0 Å². The van der Waals surface area contributed by atoms with E-state index in [0.29, 0.717) is 11.5 Å². The highest BCUT2D eigenvalue weighted by Crippen LogP contribution is 2.39. The monoisotopic (exact) mass is 254 g/mol. The fourth-order valence-corrected chi connectivity index (χ4v) is 3.21. The first kappa shape index (κ1) is 16.0. The predicted molar refractivity (Wildman–Crippen MR) is 80.9 cm³/mol. The van der Waals surface area contributed by atoms with Gasteiger partial charge in [-0.15, -0.1) is 0 Å². The van der Waals surface area contributed by atoms with E-state index in [4.69, 9.17) is 0 Å². The number of likely N-dealkylation sites (N-methyl/N-ethyl adjacent to an activating group) is 1. The topological polar surface area (TPSA) is 15.3 Å². The summed E-state index contributed by atoms with van der Waals surface area (Å²) in [5, 5.41) is 3.70. The van der Waals surface area contributed by atoms with Gasteiger partial charge in [-0.1, -0.05) is 20.8 Å². The Kier molecular flexibility index (Phi) is 6.13. The first-order valence-electron chi connectivity index (χ1n) is 7.67. The zero-order valence-corrected chi connectivity index (χ0v) is 13.4. The summed E-state index contributed by atoms with van der Waals surface area (Å²) in [5.74, 6) is 1.85. The normalized spacial score (nSPS) is 27.5. The quantitative estimate of drug-likeness (QED) is 0.809. The average molecular weight is 254 g/mol. The minimum Gasteiger partial charge on any atom is -0.313 e. The third-order valence-corrected chi connectivity index (χ3v) is 4.47. The Balaban J connectivity index is 2.20. The number of rotatable bonds is 5. The number of hydrogen-bond acceptors (Lipinski definition) is 2. The van der Waals surface area contributed by atoms with Crippen molar-refractivity contribution >= 4 is 0 Å². The molecule has 0 aliphatic heterocycles. The Bertz CT molecular complexity index is 222. The van der Waals surface area contributed by atoms with Crippen molar-refractivity contribution in [2.24, 2.45) is 17.3 Å². The van der Waals surface area contributed by atoms with Gasteiger partial charge in [0.1, 0.15) is 0 Å². The van der Waals surface area contributed by atoms with Gasteiger partial charge in [0, 0.05) is 12.6 Å². The van der Waals surface area contributed by atoms with Crippen LogP contribution in [0.5, 0.6) is 0 Å². The molecule has 1 rings (SSSR count). The average Bonchev–Trinajstić information content (AvgIpc) is 2.25. The Morgan fingerprint density at radius 1 is 1.11 bits per heavy atom. The first-order valence-corrected chi connectivity index (χ1v) is 7.67. The zero-order valence-electron chi connectivity index (χ0n) is 13.4. The molecule has 1 N–H and O–H groups in total. The molecule has 2 heteroatoms. The number of nitrogens with one attached hydrogen (secondary N) is 1. The largest absolute Gasteiger partial charge is 0.313 e. The van der Waals surface area contributed by atoms with Crippen molar-refractivity contribution < 1.29 is 0 Å². The zero-order chi connectivity index (χ0) is 13.8. The summed E-state index contributed by atoms with van der Waals surface area (Å²) in [5.41, 5.74) is 0.511. The van der Waals surface area contributed by atoms with Gasteiger partial charge >= 0.3 is 0 Å². The molecule has 1 fully saturated rings. The summed E-state index contributed by atoms with van der Waals surface area (Å²) in [7, 11) is 4.29. The third-order valence-electron chi connectivity index (χ3n) is 4.47. The van der Waals surface area contributed by atoms with Gasteiger partial charge in [0.25, 0.3) is 0 Å². The third kappa shape index (κ3) is 5.71. The SMILES string of the molecule is CC(CN(C)C)NCC1CCC(C(C)(C)C)CC1. The van der Waals surface area contributed by atoms with Crippen LogP contribution in [0.4, 0.5) is 0 Å². The summed E-state index contributed by atoms with van der Waals surface area (Å²) in [4.78, 5) is 2.26. The van der Waals surface area contributed by atoms with Gasteiger partial charge in [0.15, 0.2) is 0 Å². The van der Waals surface area contributed by atoms with Crippen molar-refractivity contribution in [2.75, 3.05) is 27.2 Å². The maximum atomic E-state index is 3.70. The molecule has 1 atom stereocenters. The maximum absolute atomic E-state index is 3.70. The standard InChI is InChI=1S/C16H34N2/c1-13(12-18(5)6)17-11-14-7-9-15(10-8-14)16(2,3)4/h13-15,17H,7-12H2,1-6H3. The Morgan fingerprint density at radius 2 is 1.67 bits per heavy atom. The second kappa shape index (κ2) is 6.91. The molecule has 1 unspecified atom stereocenters. The minimum absolute atomic E-state index is 0.511. The van der Waals surface area contributed by atoms with E-state index in [2.05, 4.69) is 52.0 Å². The summed E-state index contributed by atoms with van der Waals surface area (Å²) in [6.07, 6.45) is 5.70. The lowest BCUT2D eigenvalue weighted by Gasteiger charge is -2.37. The molecule has 0 aromatic heterocycles. The van der Waals surface area contributed by atoms with Gasteiger partial charge in [0.2, 0.25) is 0 Å². The fraction of sp³-hybridized carbons (Fsp3) is 1.00. The second-order valence-electron chi connectivity index (χ2n) is 7.66. The van der Waals surface area contributed by atoms with E-state index in [1.807, 2.05) is 0 Å². The molecule has 0 saturated heterocycles. The molecular weight excluding hydrogens is 220 g/mol. The van der Waals surface area contributed by atoms with Crippen LogP contribution in [0.15, 0.2) is 0 Å². The molecule has 0 spiro atoms. The molecule has 0 aromatic rings. The van der Waals surface area contributed by atoms with E-state index in [1.165, 1.54) is 32.2 Å². The molecule has 2 nitrogen and oxygen atoms in total. The van der Waals surface area contributed by atoms with E-state index in [9.17, 15) is 0 Å². The van der Waals surface area contributed by atoms with E-state index in [1.54, 1.807) is 0 Å². The van der Waals surface area contributed by atoms with E-state index in [0.717, 1.165) is 18.4 Å². The van der Waals surface area contributed by atoms with Crippen LogP contribution in [-0.4, -0.2) is 38.1 Å². The van der Waals surface area contributed by atoms with Crippen molar-refractivity contribution in [1.82, 2.24) is 10.2 Å². The molecule has 0 aromatic carbocycles. The highest BCUT2D eigenvalue weighted by atomic mass is 15.1. The summed E-state index contributed by atoms with van der Waals surface area (Å²) in [6, 6.07) is 0.611. The van der Waals surface area contributed by atoms with Gasteiger partial charge in [0.05, 0.1) is 0 Å². The van der Waals surface area contributed by atoms with Gasteiger partial charge in [-0.05, 0) is 70.5 Å². The van der Waals surface area contributed by atoms with Crippen LogP contribution in [0.1, 0.15) is 53.4 Å². The smallest absolute Gasteiger partial charge is 0.0166 e. The highest BCUT2D eigenvalue weighted by Gasteiger charge is 2.29. The minimum atomic E-state index is 0.511. The van der Waals surface area contributed by atoms with Gasteiger partial charge < -0.3 is 10.2 Å². The van der Waals surface area contributed by atoms with Crippen LogP contribution in [0, 0.1) is 17.3 Å². The molecule has 1 saturated carbocycles. The first-order chi connectivity index (χ1) is 8.29. The molecule has 18 heavy (non-hydrogen) atoms. The molecule has 0 bridgehead atoms. The van der Waals surface area contributed by atoms with Crippen LogP contribution in [0.3, 0.4) is 0 Å². The van der Waals surface area contributed by atoms with Crippen molar-refractivity contribution in [3.63, 3.8) is 0 Å². The predicted octanol–water partition coefficient (Wildman–Crippen LogP) is 3.38. The Morgan fingerprint density at radius 3 is 2.11 bits per heavy atom. The highest BCUT2D eigenvalue weighted by molar-refractivity contribution is 4.81. The lowest BCUT2D eigenvalue weighted by molar-refractivity contribution is 0.147. The summed E-state index contributed by atoms with van der Waals surface area (Å²) >= 11 is 0.